The Labute approximate surface area is 142 Å². The average Bonchev–Trinajstić information content (AvgIpc) is 2.96. The van der Waals surface area contributed by atoms with Crippen LogP contribution in [0.2, 0.25) is 5.02 Å². The van der Waals surface area contributed by atoms with Gasteiger partial charge in [-0.3, -0.25) is 0 Å². The van der Waals surface area contributed by atoms with Crippen molar-refractivity contribution in [1.29, 1.82) is 0 Å². The summed E-state index contributed by atoms with van der Waals surface area (Å²) in [5.41, 5.74) is 1.87. The van der Waals surface area contributed by atoms with Gasteiger partial charge in [-0.25, -0.2) is 0 Å². The number of thiophene rings is 1. The van der Waals surface area contributed by atoms with E-state index < -0.39 is 0 Å². The smallest absolute Gasteiger partial charge is 0.152 e. The van der Waals surface area contributed by atoms with Crippen molar-refractivity contribution in [3.05, 3.63) is 54.3 Å². The lowest BCUT2D eigenvalue weighted by atomic mass is 10.1. The predicted molar refractivity (Wildman–Crippen MR) is 91.8 cm³/mol. The molecule has 0 fully saturated rings. The first-order valence-corrected chi connectivity index (χ1v) is 8.68. The third-order valence-corrected chi connectivity index (χ3v) is 5.77. The molecule has 3 rings (SSSR count). The Balaban J connectivity index is 2.12. The molecule has 6 heteroatoms. The fourth-order valence-electron chi connectivity index (χ4n) is 2.19. The van der Waals surface area contributed by atoms with E-state index in [0.717, 1.165) is 29.9 Å². The van der Waals surface area contributed by atoms with Crippen molar-refractivity contribution >= 4 is 65.8 Å². The van der Waals surface area contributed by atoms with Gasteiger partial charge in [0, 0.05) is 10.9 Å². The van der Waals surface area contributed by atoms with Gasteiger partial charge >= 0.3 is 0 Å². The van der Waals surface area contributed by atoms with Crippen LogP contribution < -0.4 is 5.32 Å². The molecule has 1 unspecified atom stereocenters. The molecule has 20 heavy (non-hydrogen) atoms. The van der Waals surface area contributed by atoms with Crippen molar-refractivity contribution < 1.29 is 4.42 Å². The fraction of sp³-hybridized carbons (Fsp3) is 0.143. The molecular weight excluding hydrogens is 425 g/mol. The normalized spacial score (nSPS) is 13.0. The van der Waals surface area contributed by atoms with Crippen LogP contribution in [0.1, 0.15) is 17.4 Å². The molecule has 1 aromatic carbocycles. The molecule has 2 aromatic heterocycles. The van der Waals surface area contributed by atoms with E-state index in [0.29, 0.717) is 5.02 Å². The molecule has 0 aliphatic rings. The fourth-order valence-corrected chi connectivity index (χ4v) is 5.31. The maximum Gasteiger partial charge on any atom is 0.152 e. The van der Waals surface area contributed by atoms with Gasteiger partial charge in [0.05, 0.1) is 18.6 Å². The topological polar surface area (TPSA) is 25.2 Å². The van der Waals surface area contributed by atoms with Gasteiger partial charge in [0.25, 0.3) is 0 Å². The molecular formula is C14H10Br2ClNOS. The van der Waals surface area contributed by atoms with E-state index in [1.165, 1.54) is 0 Å². The molecule has 104 valence electrons. The van der Waals surface area contributed by atoms with E-state index in [9.17, 15) is 0 Å². The second kappa shape index (κ2) is 5.81. The number of para-hydroxylation sites is 1. The van der Waals surface area contributed by atoms with Crippen LogP contribution in [0.25, 0.3) is 11.0 Å². The number of furan rings is 1. The van der Waals surface area contributed by atoms with Crippen molar-refractivity contribution in [1.82, 2.24) is 5.32 Å². The van der Waals surface area contributed by atoms with Crippen molar-refractivity contribution in [3.63, 3.8) is 0 Å². The summed E-state index contributed by atoms with van der Waals surface area (Å²) in [7, 11) is 1.91. The van der Waals surface area contributed by atoms with Crippen LogP contribution in [-0.4, -0.2) is 7.05 Å². The molecule has 0 bridgehead atoms. The van der Waals surface area contributed by atoms with Crippen LogP contribution in [-0.2, 0) is 0 Å². The monoisotopic (exact) mass is 433 g/mol. The first-order valence-electron chi connectivity index (χ1n) is 5.90. The molecule has 3 aromatic rings. The molecule has 0 saturated carbocycles. The number of hydrogen-bond donors (Lipinski definition) is 1. The average molecular weight is 436 g/mol. The lowest BCUT2D eigenvalue weighted by Gasteiger charge is -2.12. The van der Waals surface area contributed by atoms with Crippen molar-refractivity contribution in [2.45, 2.75) is 6.04 Å². The molecule has 1 N–H and O–H groups in total. The number of nitrogens with one attached hydrogen (secondary N) is 1. The van der Waals surface area contributed by atoms with E-state index in [4.69, 9.17) is 16.0 Å². The predicted octanol–water partition coefficient (Wildman–Crippen LogP) is 5.98. The Hall–Kier alpha value is -0.330. The van der Waals surface area contributed by atoms with E-state index in [1.807, 2.05) is 31.3 Å². The van der Waals surface area contributed by atoms with Crippen LogP contribution in [0, 0.1) is 0 Å². The summed E-state index contributed by atoms with van der Waals surface area (Å²) in [6, 6.07) is 9.86. The number of hydrogen-bond acceptors (Lipinski definition) is 3. The number of benzene rings is 1. The highest BCUT2D eigenvalue weighted by Gasteiger charge is 2.21. The zero-order valence-corrected chi connectivity index (χ0v) is 15.2. The minimum absolute atomic E-state index is 0.0182. The largest absolute Gasteiger partial charge is 0.457 e. The molecule has 0 aliphatic heterocycles. The summed E-state index contributed by atoms with van der Waals surface area (Å²) < 4.78 is 8.10. The van der Waals surface area contributed by atoms with Gasteiger partial charge in [-0.15, -0.1) is 11.3 Å². The summed E-state index contributed by atoms with van der Waals surface area (Å²) in [6.07, 6.45) is 0. The summed E-state index contributed by atoms with van der Waals surface area (Å²) in [5.74, 6) is 0.849. The van der Waals surface area contributed by atoms with Gasteiger partial charge in [0.2, 0.25) is 0 Å². The Kier molecular flexibility index (Phi) is 4.24. The highest BCUT2D eigenvalue weighted by molar-refractivity contribution is 9.12. The third kappa shape index (κ3) is 2.57. The maximum absolute atomic E-state index is 6.17. The first kappa shape index (κ1) is 14.6. The SMILES string of the molecule is CNC(c1cc2cccc(Cl)c2o1)c1cc(Br)sc1Br. The second-order valence-corrected chi connectivity index (χ2v) is 8.46. The first-order chi connectivity index (χ1) is 9.60. The highest BCUT2D eigenvalue weighted by atomic mass is 79.9. The van der Waals surface area contributed by atoms with Crippen LogP contribution in [0.4, 0.5) is 0 Å². The third-order valence-electron chi connectivity index (χ3n) is 3.08. The van der Waals surface area contributed by atoms with Crippen molar-refractivity contribution in [2.24, 2.45) is 0 Å². The molecule has 2 heterocycles. The van der Waals surface area contributed by atoms with Gasteiger partial charge in [0.15, 0.2) is 5.58 Å². The van der Waals surface area contributed by atoms with Crippen LogP contribution >= 0.6 is 54.8 Å². The molecule has 0 saturated heterocycles. The molecule has 0 spiro atoms. The Morgan fingerprint density at radius 2 is 2.10 bits per heavy atom. The molecule has 0 radical (unpaired) electrons. The second-order valence-electron chi connectivity index (χ2n) is 4.31. The van der Waals surface area contributed by atoms with Gasteiger partial charge in [-0.1, -0.05) is 23.7 Å². The summed E-state index contributed by atoms with van der Waals surface area (Å²) in [6.45, 7) is 0. The van der Waals surface area contributed by atoms with E-state index in [-0.39, 0.29) is 6.04 Å². The Morgan fingerprint density at radius 3 is 2.70 bits per heavy atom. The zero-order chi connectivity index (χ0) is 14.3. The van der Waals surface area contributed by atoms with Crippen LogP contribution in [0.3, 0.4) is 0 Å². The molecule has 0 amide bonds. The van der Waals surface area contributed by atoms with E-state index in [2.05, 4.69) is 43.2 Å². The minimum atomic E-state index is -0.0182. The Morgan fingerprint density at radius 1 is 1.30 bits per heavy atom. The van der Waals surface area contributed by atoms with Gasteiger partial charge in [-0.2, -0.15) is 0 Å². The Bertz CT molecular complexity index is 768. The zero-order valence-electron chi connectivity index (χ0n) is 10.4. The summed E-state index contributed by atoms with van der Waals surface area (Å²) in [4.78, 5) is 0. The minimum Gasteiger partial charge on any atom is -0.457 e. The number of fused-ring (bicyclic) bond motifs is 1. The highest BCUT2D eigenvalue weighted by Crippen LogP contribution is 2.39. The number of halogens is 3. The van der Waals surface area contributed by atoms with Gasteiger partial charge in [-0.05, 0) is 57.1 Å². The van der Waals surface area contributed by atoms with Crippen LogP contribution in [0.15, 0.2) is 42.3 Å². The maximum atomic E-state index is 6.17. The quantitative estimate of drug-likeness (QED) is 0.547. The lowest BCUT2D eigenvalue weighted by molar-refractivity contribution is 0.491. The number of rotatable bonds is 3. The summed E-state index contributed by atoms with van der Waals surface area (Å²) >= 11 is 14.9. The molecule has 0 aliphatic carbocycles. The van der Waals surface area contributed by atoms with Gasteiger partial charge in [0.1, 0.15) is 5.76 Å². The molecule has 2 nitrogen and oxygen atoms in total. The van der Waals surface area contributed by atoms with Crippen molar-refractivity contribution in [3.8, 4) is 0 Å². The van der Waals surface area contributed by atoms with Crippen molar-refractivity contribution in [2.75, 3.05) is 7.05 Å². The van der Waals surface area contributed by atoms with Crippen LogP contribution in [0.5, 0.6) is 0 Å². The van der Waals surface area contributed by atoms with E-state index in [1.54, 1.807) is 11.3 Å². The standard InChI is InChI=1S/C14H10Br2ClNOS/c1-18-12(8-6-11(15)20-14(8)16)10-5-7-3-2-4-9(17)13(7)19-10/h2-6,12,18H,1H3. The lowest BCUT2D eigenvalue weighted by Crippen LogP contribution is -2.16. The molecule has 1 atom stereocenters. The van der Waals surface area contributed by atoms with E-state index >= 15 is 0 Å². The van der Waals surface area contributed by atoms with Gasteiger partial charge < -0.3 is 9.73 Å². The summed E-state index contributed by atoms with van der Waals surface area (Å²) in [5, 5.41) is 4.93.